The number of rotatable bonds is 3. The molecule has 0 spiro atoms. The highest BCUT2D eigenvalue weighted by atomic mass is 19.4. The van der Waals surface area contributed by atoms with Gasteiger partial charge in [0, 0.05) is 37.0 Å². The summed E-state index contributed by atoms with van der Waals surface area (Å²) in [4.78, 5) is 25.7. The molecule has 0 saturated heterocycles. The standard InChI is InChI=1S/C20H16F4N4O/c21-15-9-13(20(22,23)24)5-4-12(15)10-28-8-6-14-17(11-28)26-18(27-19(14)29)16-3-1-2-7-25-16/h1-5,7,9H,6,8,10-11H2,(H,26,27,29). The number of pyridine rings is 1. The van der Waals surface area contributed by atoms with Crippen LogP contribution in [-0.4, -0.2) is 26.4 Å². The van der Waals surface area contributed by atoms with Crippen LogP contribution in [0, 0.1) is 5.82 Å². The molecule has 0 unspecified atom stereocenters. The van der Waals surface area contributed by atoms with Crippen molar-refractivity contribution >= 4 is 0 Å². The third-order valence-electron chi connectivity index (χ3n) is 4.83. The zero-order valence-corrected chi connectivity index (χ0v) is 15.1. The zero-order chi connectivity index (χ0) is 20.6. The van der Waals surface area contributed by atoms with E-state index in [0.29, 0.717) is 48.4 Å². The molecule has 0 atom stereocenters. The molecule has 9 heteroatoms. The van der Waals surface area contributed by atoms with Gasteiger partial charge >= 0.3 is 6.18 Å². The van der Waals surface area contributed by atoms with Crippen molar-refractivity contribution in [2.45, 2.75) is 25.7 Å². The Hall–Kier alpha value is -3.07. The number of hydrogen-bond donors (Lipinski definition) is 1. The summed E-state index contributed by atoms with van der Waals surface area (Å²) in [7, 11) is 0. The first-order valence-electron chi connectivity index (χ1n) is 8.93. The number of nitrogens with zero attached hydrogens (tertiary/aromatic N) is 3. The smallest absolute Gasteiger partial charge is 0.305 e. The lowest BCUT2D eigenvalue weighted by molar-refractivity contribution is -0.137. The molecule has 0 saturated carbocycles. The van der Waals surface area contributed by atoms with Gasteiger partial charge in [0.25, 0.3) is 5.56 Å². The second kappa shape index (κ2) is 7.40. The largest absolute Gasteiger partial charge is 0.416 e. The Balaban J connectivity index is 1.57. The van der Waals surface area contributed by atoms with Crippen LogP contribution < -0.4 is 5.56 Å². The maximum Gasteiger partial charge on any atom is 0.416 e. The highest BCUT2D eigenvalue weighted by molar-refractivity contribution is 5.49. The van der Waals surface area contributed by atoms with E-state index in [1.54, 1.807) is 24.4 Å². The summed E-state index contributed by atoms with van der Waals surface area (Å²) < 4.78 is 52.3. The second-order valence-corrected chi connectivity index (χ2v) is 6.82. The normalized spacial score (nSPS) is 14.6. The first-order valence-corrected chi connectivity index (χ1v) is 8.93. The monoisotopic (exact) mass is 404 g/mol. The van der Waals surface area contributed by atoms with Gasteiger partial charge in [-0.05, 0) is 30.7 Å². The van der Waals surface area contributed by atoms with Gasteiger partial charge < -0.3 is 4.98 Å². The Kier molecular flexibility index (Phi) is 4.91. The molecule has 2 aromatic heterocycles. The fourth-order valence-electron chi connectivity index (χ4n) is 3.35. The number of halogens is 4. The molecule has 3 heterocycles. The van der Waals surface area contributed by atoms with Gasteiger partial charge in [0.05, 0.1) is 11.3 Å². The van der Waals surface area contributed by atoms with Crippen LogP contribution in [0.25, 0.3) is 11.5 Å². The Morgan fingerprint density at radius 1 is 1.17 bits per heavy atom. The fourth-order valence-corrected chi connectivity index (χ4v) is 3.35. The van der Waals surface area contributed by atoms with Crippen LogP contribution in [0.1, 0.15) is 22.4 Å². The van der Waals surface area contributed by atoms with E-state index in [1.807, 2.05) is 4.90 Å². The van der Waals surface area contributed by atoms with Crippen LogP contribution in [0.4, 0.5) is 17.6 Å². The van der Waals surface area contributed by atoms with Gasteiger partial charge in [-0.2, -0.15) is 13.2 Å². The number of H-pyrrole nitrogens is 1. The van der Waals surface area contributed by atoms with E-state index < -0.39 is 17.6 Å². The molecule has 5 nitrogen and oxygen atoms in total. The molecule has 150 valence electrons. The van der Waals surface area contributed by atoms with E-state index >= 15 is 0 Å². The minimum Gasteiger partial charge on any atom is -0.305 e. The highest BCUT2D eigenvalue weighted by Crippen LogP contribution is 2.30. The number of fused-ring (bicyclic) bond motifs is 1. The number of alkyl halides is 3. The quantitative estimate of drug-likeness (QED) is 0.679. The number of aromatic nitrogens is 3. The molecule has 3 aromatic rings. The third kappa shape index (κ3) is 4.04. The van der Waals surface area contributed by atoms with Crippen LogP contribution in [-0.2, 0) is 25.7 Å². The van der Waals surface area contributed by atoms with Crippen molar-refractivity contribution in [1.29, 1.82) is 0 Å². The Morgan fingerprint density at radius 3 is 2.69 bits per heavy atom. The second-order valence-electron chi connectivity index (χ2n) is 6.82. The van der Waals surface area contributed by atoms with Gasteiger partial charge in [0.2, 0.25) is 0 Å². The lowest BCUT2D eigenvalue weighted by Gasteiger charge is -2.28. The van der Waals surface area contributed by atoms with Crippen molar-refractivity contribution in [3.63, 3.8) is 0 Å². The molecule has 0 fully saturated rings. The van der Waals surface area contributed by atoms with Gasteiger partial charge in [-0.1, -0.05) is 12.1 Å². The van der Waals surface area contributed by atoms with E-state index in [-0.39, 0.29) is 17.7 Å². The average molecular weight is 404 g/mol. The van der Waals surface area contributed by atoms with Gasteiger partial charge in [-0.25, -0.2) is 9.37 Å². The summed E-state index contributed by atoms with van der Waals surface area (Å²) in [5.41, 5.74) is 0.559. The van der Waals surface area contributed by atoms with Gasteiger partial charge in [0.1, 0.15) is 11.5 Å². The summed E-state index contributed by atoms with van der Waals surface area (Å²) in [6.07, 6.45) is -2.58. The van der Waals surface area contributed by atoms with Crippen LogP contribution in [0.15, 0.2) is 47.4 Å². The molecular weight excluding hydrogens is 388 g/mol. The lowest BCUT2D eigenvalue weighted by Crippen LogP contribution is -2.35. The molecule has 1 aliphatic heterocycles. The van der Waals surface area contributed by atoms with Crippen molar-refractivity contribution in [2.24, 2.45) is 0 Å². The third-order valence-corrected chi connectivity index (χ3v) is 4.83. The molecule has 29 heavy (non-hydrogen) atoms. The first-order chi connectivity index (χ1) is 13.8. The van der Waals surface area contributed by atoms with Crippen molar-refractivity contribution < 1.29 is 17.6 Å². The van der Waals surface area contributed by atoms with Gasteiger partial charge in [-0.3, -0.25) is 14.7 Å². The summed E-state index contributed by atoms with van der Waals surface area (Å²) >= 11 is 0. The average Bonchev–Trinajstić information content (AvgIpc) is 2.69. The van der Waals surface area contributed by atoms with E-state index in [4.69, 9.17) is 0 Å². The summed E-state index contributed by atoms with van der Waals surface area (Å²) in [5.74, 6) is -0.560. The summed E-state index contributed by atoms with van der Waals surface area (Å²) in [6, 6.07) is 7.79. The molecule has 0 bridgehead atoms. The van der Waals surface area contributed by atoms with Gasteiger partial charge in [0.15, 0.2) is 5.82 Å². The van der Waals surface area contributed by atoms with Crippen molar-refractivity contribution in [2.75, 3.05) is 6.54 Å². The summed E-state index contributed by atoms with van der Waals surface area (Å²) in [6.45, 7) is 0.886. The zero-order valence-electron chi connectivity index (χ0n) is 15.1. The predicted octanol–water partition coefficient (Wildman–Crippen LogP) is 3.55. The van der Waals surface area contributed by atoms with E-state index in [2.05, 4.69) is 15.0 Å². The molecule has 4 rings (SSSR count). The van der Waals surface area contributed by atoms with Crippen molar-refractivity contribution in [3.05, 3.63) is 81.2 Å². The molecule has 1 aromatic carbocycles. The van der Waals surface area contributed by atoms with E-state index in [0.717, 1.165) is 12.1 Å². The molecule has 1 aliphatic rings. The fraction of sp³-hybridized carbons (Fsp3) is 0.250. The van der Waals surface area contributed by atoms with E-state index in [1.165, 1.54) is 0 Å². The minimum atomic E-state index is -4.59. The number of aromatic amines is 1. The van der Waals surface area contributed by atoms with Gasteiger partial charge in [-0.15, -0.1) is 0 Å². The van der Waals surface area contributed by atoms with Crippen molar-refractivity contribution in [1.82, 2.24) is 19.9 Å². The highest BCUT2D eigenvalue weighted by Gasteiger charge is 2.31. The Morgan fingerprint density at radius 2 is 2.00 bits per heavy atom. The topological polar surface area (TPSA) is 61.9 Å². The lowest BCUT2D eigenvalue weighted by atomic mass is 10.0. The minimum absolute atomic E-state index is 0.122. The Bertz CT molecular complexity index is 1100. The predicted molar refractivity (Wildman–Crippen MR) is 97.3 cm³/mol. The van der Waals surface area contributed by atoms with Crippen LogP contribution in [0.5, 0.6) is 0 Å². The first kappa shape index (κ1) is 19.3. The Labute approximate surface area is 163 Å². The molecule has 0 amide bonds. The summed E-state index contributed by atoms with van der Waals surface area (Å²) in [5, 5.41) is 0. The molecular formula is C20H16F4N4O. The van der Waals surface area contributed by atoms with Crippen LogP contribution in [0.2, 0.25) is 0 Å². The SMILES string of the molecule is O=c1[nH]c(-c2ccccn2)nc2c1CCN(Cc1ccc(C(F)(F)F)cc1F)C2. The maximum atomic E-state index is 14.2. The number of nitrogens with one attached hydrogen (secondary N) is 1. The molecule has 0 aliphatic carbocycles. The van der Waals surface area contributed by atoms with Crippen molar-refractivity contribution in [3.8, 4) is 11.5 Å². The molecule has 1 N–H and O–H groups in total. The van der Waals surface area contributed by atoms with E-state index in [9.17, 15) is 22.4 Å². The molecule has 0 radical (unpaired) electrons. The van der Waals surface area contributed by atoms with Crippen LogP contribution >= 0.6 is 0 Å². The van der Waals surface area contributed by atoms with Crippen LogP contribution in [0.3, 0.4) is 0 Å². The maximum absolute atomic E-state index is 14.2. The number of hydrogen-bond acceptors (Lipinski definition) is 4. The number of benzene rings is 1.